The molecule has 1 aliphatic heterocycles. The molecule has 0 fully saturated rings. The molecule has 0 spiro atoms. The highest BCUT2D eigenvalue weighted by atomic mass is 32.2. The fourth-order valence-electron chi connectivity index (χ4n) is 2.03. The summed E-state index contributed by atoms with van der Waals surface area (Å²) in [6.45, 7) is -0.347. The Morgan fingerprint density at radius 1 is 1.30 bits per heavy atom. The van der Waals surface area contributed by atoms with Crippen LogP contribution < -0.4 is 0 Å². The van der Waals surface area contributed by atoms with E-state index in [0.717, 1.165) is 4.90 Å². The summed E-state index contributed by atoms with van der Waals surface area (Å²) >= 11 is 0. The maximum absolute atomic E-state index is 12.1. The van der Waals surface area contributed by atoms with Crippen LogP contribution in [0.1, 0.15) is 15.9 Å². The molecule has 0 radical (unpaired) electrons. The van der Waals surface area contributed by atoms with Crippen LogP contribution in [-0.4, -0.2) is 48.9 Å². The summed E-state index contributed by atoms with van der Waals surface area (Å²) in [4.78, 5) is 33.9. The average Bonchev–Trinajstić information content (AvgIpc) is 2.54. The predicted octanol–water partition coefficient (Wildman–Crippen LogP) is -0.300. The van der Waals surface area contributed by atoms with Crippen molar-refractivity contribution < 1.29 is 27.9 Å². The summed E-state index contributed by atoms with van der Waals surface area (Å²) in [5, 5.41) is 8.71. The van der Waals surface area contributed by atoms with Crippen LogP contribution in [0.2, 0.25) is 0 Å². The molecule has 0 aliphatic carbocycles. The number of nitrogens with zero attached hydrogens (tertiary/aromatic N) is 1. The van der Waals surface area contributed by atoms with Crippen molar-refractivity contribution in [3.8, 4) is 0 Å². The van der Waals surface area contributed by atoms with Gasteiger partial charge in [-0.1, -0.05) is 6.07 Å². The van der Waals surface area contributed by atoms with Crippen molar-refractivity contribution in [2.24, 2.45) is 0 Å². The van der Waals surface area contributed by atoms with E-state index in [-0.39, 0.29) is 34.9 Å². The van der Waals surface area contributed by atoms with Gasteiger partial charge in [0.25, 0.3) is 0 Å². The van der Waals surface area contributed by atoms with Gasteiger partial charge in [0, 0.05) is 18.7 Å². The Morgan fingerprint density at radius 2 is 2.00 bits per heavy atom. The van der Waals surface area contributed by atoms with E-state index >= 15 is 0 Å². The second kappa shape index (κ2) is 5.04. The Morgan fingerprint density at radius 3 is 2.60 bits per heavy atom. The number of fused-ring (bicyclic) bond motifs is 1. The summed E-state index contributed by atoms with van der Waals surface area (Å²) in [5.41, 5.74) is 0.519. The van der Waals surface area contributed by atoms with Gasteiger partial charge in [-0.05, 0) is 17.7 Å². The molecule has 1 aromatic rings. The lowest BCUT2D eigenvalue weighted by atomic mass is 10.1. The van der Waals surface area contributed by atoms with Crippen molar-refractivity contribution in [1.82, 2.24) is 4.90 Å². The molecule has 1 aromatic carbocycles. The number of sulfone groups is 1. The highest BCUT2D eigenvalue weighted by molar-refractivity contribution is 7.91. The van der Waals surface area contributed by atoms with Gasteiger partial charge >= 0.3 is 11.9 Å². The van der Waals surface area contributed by atoms with Crippen molar-refractivity contribution in [2.45, 2.75) is 11.4 Å². The molecular formula is C12H11NO6S. The summed E-state index contributed by atoms with van der Waals surface area (Å²) in [7, 11) is -3.60. The van der Waals surface area contributed by atoms with Crippen molar-refractivity contribution in [3.63, 3.8) is 0 Å². The summed E-state index contributed by atoms with van der Waals surface area (Å²) in [6.07, 6.45) is 0.557. The number of amides is 1. The van der Waals surface area contributed by atoms with Crippen molar-refractivity contribution in [3.05, 3.63) is 29.3 Å². The fraction of sp³-hybridized carbons (Fsp3) is 0.250. The summed E-state index contributed by atoms with van der Waals surface area (Å²) < 4.78 is 24.1. The van der Waals surface area contributed by atoms with E-state index in [1.165, 1.54) is 18.2 Å². The lowest BCUT2D eigenvalue weighted by molar-refractivity contribution is -0.156. The van der Waals surface area contributed by atoms with E-state index < -0.39 is 21.7 Å². The first-order chi connectivity index (χ1) is 9.35. The van der Waals surface area contributed by atoms with Crippen LogP contribution in [0.3, 0.4) is 0 Å². The number of benzene rings is 1. The Kier molecular flexibility index (Phi) is 3.58. The largest absolute Gasteiger partial charge is 0.474 e. The molecule has 20 heavy (non-hydrogen) atoms. The molecule has 7 nitrogen and oxygen atoms in total. The standard InChI is InChI=1S/C12H11NO6S/c14-7-8-1-2-10-9(5-8)6-13(11(15)12(16)17)3-4-20(10,18)19/h1-2,5,7H,3-4,6H2,(H,16,17). The maximum atomic E-state index is 12.1. The normalized spacial score (nSPS) is 16.9. The number of aldehydes is 1. The molecule has 1 N–H and O–H groups in total. The molecular weight excluding hydrogens is 286 g/mol. The van der Waals surface area contributed by atoms with Crippen molar-refractivity contribution in [1.29, 1.82) is 0 Å². The first-order valence-electron chi connectivity index (χ1n) is 5.68. The summed E-state index contributed by atoms with van der Waals surface area (Å²) in [6, 6.07) is 4.04. The third kappa shape index (κ3) is 2.55. The molecule has 1 aliphatic rings. The molecule has 0 bridgehead atoms. The fourth-order valence-corrected chi connectivity index (χ4v) is 3.51. The van der Waals surface area contributed by atoms with Gasteiger partial charge < -0.3 is 10.0 Å². The zero-order valence-electron chi connectivity index (χ0n) is 10.3. The zero-order chi connectivity index (χ0) is 14.9. The summed E-state index contributed by atoms with van der Waals surface area (Å²) in [5.74, 6) is -3.15. The van der Waals surface area contributed by atoms with Crippen LogP contribution >= 0.6 is 0 Å². The first kappa shape index (κ1) is 14.2. The molecule has 2 rings (SSSR count). The van der Waals surface area contributed by atoms with Crippen LogP contribution in [0.4, 0.5) is 0 Å². The lowest BCUT2D eigenvalue weighted by Gasteiger charge is -2.17. The van der Waals surface area contributed by atoms with Gasteiger partial charge in [0.1, 0.15) is 6.29 Å². The van der Waals surface area contributed by atoms with Gasteiger partial charge in [0.2, 0.25) is 0 Å². The number of hydrogen-bond donors (Lipinski definition) is 1. The first-order valence-corrected chi connectivity index (χ1v) is 7.33. The Bertz CT molecular complexity index is 694. The van der Waals surface area contributed by atoms with Gasteiger partial charge in [-0.2, -0.15) is 0 Å². The van der Waals surface area contributed by atoms with Crippen LogP contribution in [0.15, 0.2) is 23.1 Å². The molecule has 1 amide bonds. The van der Waals surface area contributed by atoms with Crippen LogP contribution in [0, 0.1) is 0 Å². The maximum Gasteiger partial charge on any atom is 0.394 e. The quantitative estimate of drug-likeness (QED) is 0.563. The Balaban J connectivity index is 2.51. The number of carboxylic acids is 1. The van der Waals surface area contributed by atoms with Crippen LogP contribution in [0.5, 0.6) is 0 Å². The van der Waals surface area contributed by atoms with Crippen molar-refractivity contribution >= 4 is 28.0 Å². The molecule has 8 heteroatoms. The molecule has 0 unspecified atom stereocenters. The van der Waals surface area contributed by atoms with Crippen molar-refractivity contribution in [2.75, 3.05) is 12.3 Å². The minimum Gasteiger partial charge on any atom is -0.474 e. The van der Waals surface area contributed by atoms with E-state index in [1.807, 2.05) is 0 Å². The van der Waals surface area contributed by atoms with Crippen LogP contribution in [-0.2, 0) is 26.0 Å². The molecule has 106 valence electrons. The molecule has 0 saturated carbocycles. The SMILES string of the molecule is O=Cc1ccc2c(c1)CN(C(=O)C(=O)O)CCS2(=O)=O. The number of carbonyl (C=O) groups is 3. The minimum absolute atomic E-state index is 0.0313. The number of carbonyl (C=O) groups excluding carboxylic acids is 2. The Hall–Kier alpha value is -2.22. The highest BCUT2D eigenvalue weighted by Crippen LogP contribution is 2.23. The number of hydrogen-bond acceptors (Lipinski definition) is 5. The second-order valence-corrected chi connectivity index (χ2v) is 6.41. The van der Waals surface area contributed by atoms with Gasteiger partial charge in [-0.3, -0.25) is 9.59 Å². The van der Waals surface area contributed by atoms with E-state index in [2.05, 4.69) is 0 Å². The van der Waals surface area contributed by atoms with Gasteiger partial charge in [0.05, 0.1) is 10.6 Å². The smallest absolute Gasteiger partial charge is 0.394 e. The lowest BCUT2D eigenvalue weighted by Crippen LogP contribution is -2.37. The number of aliphatic carboxylic acids is 1. The van der Waals surface area contributed by atoms with E-state index in [9.17, 15) is 22.8 Å². The van der Waals surface area contributed by atoms with Gasteiger partial charge in [-0.25, -0.2) is 13.2 Å². The topological polar surface area (TPSA) is 109 Å². The van der Waals surface area contributed by atoms with Crippen LogP contribution in [0.25, 0.3) is 0 Å². The van der Waals surface area contributed by atoms with E-state index in [0.29, 0.717) is 6.29 Å². The zero-order valence-corrected chi connectivity index (χ0v) is 11.1. The van der Waals surface area contributed by atoms with Gasteiger partial charge in [-0.15, -0.1) is 0 Å². The number of carboxylic acid groups (broad SMARTS) is 1. The minimum atomic E-state index is -3.60. The highest BCUT2D eigenvalue weighted by Gasteiger charge is 2.30. The molecule has 1 heterocycles. The predicted molar refractivity (Wildman–Crippen MR) is 66.9 cm³/mol. The van der Waals surface area contributed by atoms with E-state index in [4.69, 9.17) is 5.11 Å². The molecule has 0 aromatic heterocycles. The van der Waals surface area contributed by atoms with E-state index in [1.54, 1.807) is 0 Å². The second-order valence-electron chi connectivity index (χ2n) is 4.34. The monoisotopic (exact) mass is 297 g/mol. The Labute approximate surface area is 114 Å². The third-order valence-corrected chi connectivity index (χ3v) is 4.81. The number of rotatable bonds is 1. The molecule has 0 atom stereocenters. The third-order valence-electron chi connectivity index (χ3n) is 3.02. The van der Waals surface area contributed by atoms with Gasteiger partial charge in [0.15, 0.2) is 9.84 Å². The molecule has 0 saturated heterocycles. The average molecular weight is 297 g/mol.